The van der Waals surface area contributed by atoms with Crippen molar-refractivity contribution < 1.29 is 9.59 Å². The summed E-state index contributed by atoms with van der Waals surface area (Å²) in [6, 6.07) is 10.1. The Morgan fingerprint density at radius 1 is 1.24 bits per heavy atom. The van der Waals surface area contributed by atoms with Crippen LogP contribution in [0.15, 0.2) is 41.8 Å². The van der Waals surface area contributed by atoms with E-state index < -0.39 is 5.91 Å². The number of nitrogens with zero attached hydrogens (tertiary/aromatic N) is 1. The smallest absolute Gasteiger partial charge is 0.271 e. The van der Waals surface area contributed by atoms with Crippen LogP contribution in [0, 0.1) is 0 Å². The number of carbonyl (C=O) groups is 2. The maximum atomic E-state index is 11.9. The summed E-state index contributed by atoms with van der Waals surface area (Å²) in [5.74, 6) is -0.444. The van der Waals surface area contributed by atoms with Crippen molar-refractivity contribution in [1.82, 2.24) is 10.9 Å². The Labute approximate surface area is 135 Å². The molecule has 0 radical (unpaired) electrons. The molecule has 0 fully saturated rings. The van der Waals surface area contributed by atoms with Crippen LogP contribution in [0.1, 0.15) is 10.4 Å². The minimum Gasteiger partial charge on any atom is -0.278 e. The van der Waals surface area contributed by atoms with Crippen molar-refractivity contribution in [1.29, 1.82) is 0 Å². The maximum Gasteiger partial charge on any atom is 0.271 e. The third kappa shape index (κ3) is 3.78. The molecule has 2 N–H and O–H groups in total. The molecule has 2 amide bonds. The second kappa shape index (κ2) is 7.16. The van der Waals surface area contributed by atoms with Crippen molar-refractivity contribution in [3.63, 3.8) is 0 Å². The van der Waals surface area contributed by atoms with Crippen LogP contribution >= 0.6 is 35.2 Å². The molecule has 1 aromatic heterocycles. The first kappa shape index (κ1) is 15.4. The first-order chi connectivity index (χ1) is 10.1. The molecule has 8 heteroatoms. The Morgan fingerprint density at radius 3 is 2.62 bits per heavy atom. The lowest BCUT2D eigenvalue weighted by molar-refractivity contribution is -0.106. The van der Waals surface area contributed by atoms with Gasteiger partial charge in [0.1, 0.15) is 5.00 Å². The zero-order valence-electron chi connectivity index (χ0n) is 10.6. The van der Waals surface area contributed by atoms with Gasteiger partial charge < -0.3 is 0 Å². The minimum absolute atomic E-state index is 0.0628. The minimum atomic E-state index is -0.444. The SMILES string of the molecule is O=CN(C(=S)NNC(=O)c1ccccc1Cl)c1cccs1. The zero-order chi connectivity index (χ0) is 15.2. The second-order valence-corrected chi connectivity index (χ2v) is 5.51. The number of carbonyl (C=O) groups excluding carboxylic acids is 2. The van der Waals surface area contributed by atoms with E-state index in [0.29, 0.717) is 22.0 Å². The standard InChI is InChI=1S/C13H10ClN3O2S2/c14-10-5-2-1-4-9(10)12(19)15-16-13(20)17(8-18)11-6-3-7-21-11/h1-8H,(H,15,19)(H,16,20). The number of hydrogen-bond donors (Lipinski definition) is 2. The van der Waals surface area contributed by atoms with Crippen molar-refractivity contribution in [2.45, 2.75) is 0 Å². The first-order valence-corrected chi connectivity index (χ1v) is 7.43. The number of rotatable bonds is 3. The molecule has 5 nitrogen and oxygen atoms in total. The lowest BCUT2D eigenvalue weighted by atomic mass is 10.2. The van der Waals surface area contributed by atoms with Gasteiger partial charge in [-0.05, 0) is 41.9 Å². The highest BCUT2D eigenvalue weighted by Crippen LogP contribution is 2.19. The van der Waals surface area contributed by atoms with Crippen LogP contribution in [-0.2, 0) is 4.79 Å². The second-order valence-electron chi connectivity index (χ2n) is 3.79. The van der Waals surface area contributed by atoms with Crippen LogP contribution < -0.4 is 15.8 Å². The summed E-state index contributed by atoms with van der Waals surface area (Å²) in [7, 11) is 0. The Kier molecular flexibility index (Phi) is 5.26. The molecule has 0 unspecified atom stereocenters. The molecule has 0 saturated heterocycles. The van der Waals surface area contributed by atoms with E-state index in [2.05, 4.69) is 10.9 Å². The quantitative estimate of drug-likeness (QED) is 0.512. The third-order valence-electron chi connectivity index (χ3n) is 2.47. The number of hydrazine groups is 1. The van der Waals surface area contributed by atoms with Gasteiger partial charge in [0.2, 0.25) is 6.41 Å². The van der Waals surface area contributed by atoms with E-state index in [1.807, 2.05) is 5.38 Å². The number of nitrogens with one attached hydrogen (secondary N) is 2. The molecule has 108 valence electrons. The van der Waals surface area contributed by atoms with Gasteiger partial charge in [-0.2, -0.15) is 0 Å². The fourth-order valence-electron chi connectivity index (χ4n) is 1.49. The van der Waals surface area contributed by atoms with Crippen LogP contribution in [0.5, 0.6) is 0 Å². The number of thiophene rings is 1. The fourth-order valence-corrected chi connectivity index (χ4v) is 2.66. The van der Waals surface area contributed by atoms with E-state index in [4.69, 9.17) is 23.8 Å². The third-order valence-corrected chi connectivity index (χ3v) is 3.97. The van der Waals surface area contributed by atoms with E-state index in [0.717, 1.165) is 0 Å². The molecule has 0 atom stereocenters. The van der Waals surface area contributed by atoms with Crippen LogP contribution in [0.4, 0.5) is 5.00 Å². The Morgan fingerprint density at radius 2 is 2.00 bits per heavy atom. The van der Waals surface area contributed by atoms with Crippen LogP contribution in [0.2, 0.25) is 5.02 Å². The van der Waals surface area contributed by atoms with E-state index in [-0.39, 0.29) is 5.11 Å². The Bertz CT molecular complexity index is 661. The normalized spacial score (nSPS) is 9.76. The highest BCUT2D eigenvalue weighted by molar-refractivity contribution is 7.80. The summed E-state index contributed by atoms with van der Waals surface area (Å²) < 4.78 is 0. The molecule has 1 heterocycles. The lowest BCUT2D eigenvalue weighted by Gasteiger charge is -2.18. The first-order valence-electron chi connectivity index (χ1n) is 5.76. The average Bonchev–Trinajstić information content (AvgIpc) is 3.00. The number of halogens is 1. The topological polar surface area (TPSA) is 61.4 Å². The molecule has 0 aliphatic heterocycles. The van der Waals surface area contributed by atoms with Crippen molar-refractivity contribution in [2.24, 2.45) is 0 Å². The number of hydrogen-bond acceptors (Lipinski definition) is 4. The summed E-state index contributed by atoms with van der Waals surface area (Å²) >= 11 is 12.3. The van der Waals surface area contributed by atoms with Gasteiger partial charge >= 0.3 is 0 Å². The van der Waals surface area contributed by atoms with Crippen LogP contribution in [-0.4, -0.2) is 17.4 Å². The fraction of sp³-hybridized carbons (Fsp3) is 0. The van der Waals surface area contributed by atoms with Crippen molar-refractivity contribution in [2.75, 3.05) is 4.90 Å². The average molecular weight is 340 g/mol. The molecule has 21 heavy (non-hydrogen) atoms. The largest absolute Gasteiger partial charge is 0.278 e. The van der Waals surface area contributed by atoms with Crippen molar-refractivity contribution >= 4 is 57.6 Å². The lowest BCUT2D eigenvalue weighted by Crippen LogP contribution is -2.48. The van der Waals surface area contributed by atoms with Gasteiger partial charge in [-0.25, -0.2) is 4.90 Å². The van der Waals surface area contributed by atoms with E-state index in [9.17, 15) is 9.59 Å². The van der Waals surface area contributed by atoms with Crippen LogP contribution in [0.3, 0.4) is 0 Å². The van der Waals surface area contributed by atoms with Crippen molar-refractivity contribution in [3.05, 3.63) is 52.4 Å². The molecule has 2 aromatic rings. The van der Waals surface area contributed by atoms with Gasteiger partial charge in [0.25, 0.3) is 5.91 Å². The summed E-state index contributed by atoms with van der Waals surface area (Å²) in [6.45, 7) is 0. The summed E-state index contributed by atoms with van der Waals surface area (Å²) in [5, 5.41) is 2.85. The van der Waals surface area contributed by atoms with Gasteiger partial charge in [-0.1, -0.05) is 23.7 Å². The van der Waals surface area contributed by atoms with Gasteiger partial charge in [-0.3, -0.25) is 20.4 Å². The highest BCUT2D eigenvalue weighted by atomic mass is 35.5. The molecule has 0 aliphatic carbocycles. The molecule has 1 aromatic carbocycles. The Balaban J connectivity index is 1.99. The molecular weight excluding hydrogens is 330 g/mol. The van der Waals surface area contributed by atoms with Gasteiger partial charge in [0, 0.05) is 0 Å². The van der Waals surface area contributed by atoms with Gasteiger partial charge in [0.05, 0.1) is 10.6 Å². The molecule has 0 saturated carbocycles. The Hall–Kier alpha value is -1.96. The maximum absolute atomic E-state index is 11.9. The van der Waals surface area contributed by atoms with E-state index >= 15 is 0 Å². The van der Waals surface area contributed by atoms with E-state index in [1.165, 1.54) is 16.2 Å². The van der Waals surface area contributed by atoms with Crippen LogP contribution in [0.25, 0.3) is 0 Å². The monoisotopic (exact) mass is 339 g/mol. The van der Waals surface area contributed by atoms with E-state index in [1.54, 1.807) is 36.4 Å². The highest BCUT2D eigenvalue weighted by Gasteiger charge is 2.14. The van der Waals surface area contributed by atoms with Crippen molar-refractivity contribution in [3.8, 4) is 0 Å². The number of amides is 2. The molecule has 0 bridgehead atoms. The molecule has 0 aliphatic rings. The summed E-state index contributed by atoms with van der Waals surface area (Å²) in [4.78, 5) is 24.2. The molecular formula is C13H10ClN3O2S2. The zero-order valence-corrected chi connectivity index (χ0v) is 13.0. The number of thiocarbonyl (C=S) groups is 1. The van der Waals surface area contributed by atoms with Gasteiger partial charge in [0.15, 0.2) is 5.11 Å². The molecule has 0 spiro atoms. The number of benzene rings is 1. The predicted molar refractivity (Wildman–Crippen MR) is 87.5 cm³/mol. The molecule has 2 rings (SSSR count). The predicted octanol–water partition coefficient (Wildman–Crippen LogP) is 2.58. The van der Waals surface area contributed by atoms with Gasteiger partial charge in [-0.15, -0.1) is 11.3 Å². The number of anilines is 1. The summed E-state index contributed by atoms with van der Waals surface area (Å²) in [5.41, 5.74) is 5.24. The summed E-state index contributed by atoms with van der Waals surface area (Å²) in [6.07, 6.45) is 0.572.